The number of hydrogen-bond donors (Lipinski definition) is 1. The molecule has 0 radical (unpaired) electrons. The number of carbonyl (C=O) groups is 3. The number of carboxylic acid groups (broad SMARTS) is 1. The molecule has 0 atom stereocenters. The quantitative estimate of drug-likeness (QED) is 0.718. The Labute approximate surface area is 163 Å². The zero-order chi connectivity index (χ0) is 20.5. The van der Waals surface area contributed by atoms with Gasteiger partial charge in [0, 0.05) is 20.0 Å². The van der Waals surface area contributed by atoms with Crippen LogP contribution < -0.4 is 0 Å². The first-order valence-electron chi connectivity index (χ1n) is 8.88. The maximum Gasteiger partial charge on any atom is 0.323 e. The Morgan fingerprint density at radius 3 is 2.11 bits per heavy atom. The molecule has 0 aliphatic carbocycles. The highest BCUT2D eigenvalue weighted by Gasteiger charge is 2.21. The first kappa shape index (κ1) is 21.1. The lowest BCUT2D eigenvalue weighted by atomic mass is 10.1. The van der Waals surface area contributed by atoms with Crippen molar-refractivity contribution in [2.45, 2.75) is 19.9 Å². The highest BCUT2D eigenvalue weighted by molar-refractivity contribution is 5.86. The summed E-state index contributed by atoms with van der Waals surface area (Å²) in [6, 6.07) is 15.1. The number of benzene rings is 2. The second-order valence-corrected chi connectivity index (χ2v) is 6.45. The Morgan fingerprint density at radius 2 is 1.54 bits per heavy atom. The number of carbonyl (C=O) groups excluding carboxylic acids is 2. The third kappa shape index (κ3) is 6.83. The van der Waals surface area contributed by atoms with Gasteiger partial charge in [0.25, 0.3) is 0 Å². The molecule has 28 heavy (non-hydrogen) atoms. The molecule has 6 nitrogen and oxygen atoms in total. The van der Waals surface area contributed by atoms with Gasteiger partial charge in [-0.25, -0.2) is 4.39 Å². The average molecular weight is 386 g/mol. The van der Waals surface area contributed by atoms with E-state index in [0.29, 0.717) is 18.5 Å². The van der Waals surface area contributed by atoms with Crippen LogP contribution in [0, 0.1) is 5.82 Å². The molecule has 0 saturated heterocycles. The first-order chi connectivity index (χ1) is 13.3. The van der Waals surface area contributed by atoms with Gasteiger partial charge in [0.15, 0.2) is 0 Å². The smallest absolute Gasteiger partial charge is 0.323 e. The molecule has 7 heteroatoms. The monoisotopic (exact) mass is 386 g/mol. The second-order valence-electron chi connectivity index (χ2n) is 6.45. The normalized spacial score (nSPS) is 10.4. The van der Waals surface area contributed by atoms with Crippen molar-refractivity contribution in [1.29, 1.82) is 0 Å². The number of amides is 2. The van der Waals surface area contributed by atoms with E-state index in [4.69, 9.17) is 5.11 Å². The number of hydrogen-bond acceptors (Lipinski definition) is 3. The van der Waals surface area contributed by atoms with Crippen LogP contribution in [0.15, 0.2) is 54.6 Å². The third-order valence-electron chi connectivity index (χ3n) is 4.25. The lowest BCUT2D eigenvalue weighted by Crippen LogP contribution is -2.44. The first-order valence-corrected chi connectivity index (χ1v) is 8.88. The van der Waals surface area contributed by atoms with Crippen molar-refractivity contribution in [3.8, 4) is 0 Å². The van der Waals surface area contributed by atoms with E-state index in [1.165, 1.54) is 36.1 Å². The Morgan fingerprint density at radius 1 is 0.893 bits per heavy atom. The molecule has 2 rings (SSSR count). The molecule has 0 aliphatic rings. The Hall–Kier alpha value is -3.22. The summed E-state index contributed by atoms with van der Waals surface area (Å²) in [4.78, 5) is 38.3. The van der Waals surface area contributed by atoms with Gasteiger partial charge in [0.2, 0.25) is 11.8 Å². The van der Waals surface area contributed by atoms with Crippen LogP contribution in [0.1, 0.15) is 18.1 Å². The molecule has 0 aliphatic heterocycles. The lowest BCUT2D eigenvalue weighted by molar-refractivity contribution is -0.146. The summed E-state index contributed by atoms with van der Waals surface area (Å²) in [7, 11) is 0. The van der Waals surface area contributed by atoms with Crippen molar-refractivity contribution in [3.05, 3.63) is 71.5 Å². The molecule has 0 aromatic heterocycles. The molecular formula is C21H23FN2O4. The lowest BCUT2D eigenvalue weighted by Gasteiger charge is -2.26. The van der Waals surface area contributed by atoms with E-state index in [1.807, 2.05) is 30.3 Å². The Balaban J connectivity index is 2.04. The molecule has 2 aromatic carbocycles. The predicted octanol–water partition coefficient (Wildman–Crippen LogP) is 2.33. The molecule has 2 amide bonds. The van der Waals surface area contributed by atoms with Gasteiger partial charge in [-0.05, 0) is 29.7 Å². The van der Waals surface area contributed by atoms with Crippen molar-refractivity contribution in [2.75, 3.05) is 19.6 Å². The molecular weight excluding hydrogens is 363 g/mol. The van der Waals surface area contributed by atoms with Gasteiger partial charge in [0.05, 0.1) is 6.54 Å². The van der Waals surface area contributed by atoms with Crippen LogP contribution >= 0.6 is 0 Å². The van der Waals surface area contributed by atoms with Crippen LogP contribution in [0.25, 0.3) is 0 Å². The fraction of sp³-hybridized carbons (Fsp3) is 0.286. The summed E-state index contributed by atoms with van der Waals surface area (Å²) in [5.74, 6) is -2.31. The average Bonchev–Trinajstić information content (AvgIpc) is 2.66. The SMILES string of the molecule is CC(=O)N(CCc1ccccc1)CC(=O)N(CC(=O)O)Cc1ccc(F)cc1. The van der Waals surface area contributed by atoms with E-state index >= 15 is 0 Å². The van der Waals surface area contributed by atoms with Gasteiger partial charge in [-0.3, -0.25) is 14.4 Å². The molecule has 0 saturated carbocycles. The summed E-state index contributed by atoms with van der Waals surface area (Å²) in [5.41, 5.74) is 1.64. The van der Waals surface area contributed by atoms with Crippen molar-refractivity contribution >= 4 is 17.8 Å². The second kappa shape index (κ2) is 10.2. The van der Waals surface area contributed by atoms with E-state index in [-0.39, 0.29) is 19.0 Å². The predicted molar refractivity (Wildman–Crippen MR) is 102 cm³/mol. The maximum atomic E-state index is 13.1. The zero-order valence-electron chi connectivity index (χ0n) is 15.7. The molecule has 148 valence electrons. The van der Waals surface area contributed by atoms with E-state index in [0.717, 1.165) is 10.5 Å². The molecule has 0 bridgehead atoms. The van der Waals surface area contributed by atoms with Gasteiger partial charge < -0.3 is 14.9 Å². The van der Waals surface area contributed by atoms with E-state index in [1.54, 1.807) is 0 Å². The number of rotatable bonds is 9. The third-order valence-corrected chi connectivity index (χ3v) is 4.25. The van der Waals surface area contributed by atoms with Crippen molar-refractivity contribution in [2.24, 2.45) is 0 Å². The minimum Gasteiger partial charge on any atom is -0.480 e. The van der Waals surface area contributed by atoms with Crippen molar-refractivity contribution in [3.63, 3.8) is 0 Å². The molecule has 0 heterocycles. The molecule has 0 spiro atoms. The van der Waals surface area contributed by atoms with Gasteiger partial charge >= 0.3 is 5.97 Å². The molecule has 2 aromatic rings. The van der Waals surface area contributed by atoms with Crippen LogP contribution in [0.3, 0.4) is 0 Å². The molecule has 1 N–H and O–H groups in total. The van der Waals surface area contributed by atoms with Crippen LogP contribution in [0.2, 0.25) is 0 Å². The van der Waals surface area contributed by atoms with Crippen LogP contribution in [0.5, 0.6) is 0 Å². The minimum absolute atomic E-state index is 0.0237. The number of carboxylic acids is 1. The van der Waals surface area contributed by atoms with Crippen LogP contribution in [-0.4, -0.2) is 52.3 Å². The van der Waals surface area contributed by atoms with Crippen LogP contribution in [0.4, 0.5) is 4.39 Å². The summed E-state index contributed by atoms with van der Waals surface area (Å²) >= 11 is 0. The maximum absolute atomic E-state index is 13.1. The Bertz CT molecular complexity index is 809. The zero-order valence-corrected chi connectivity index (χ0v) is 15.7. The van der Waals surface area contributed by atoms with Gasteiger partial charge in [-0.15, -0.1) is 0 Å². The number of nitrogens with zero attached hydrogens (tertiary/aromatic N) is 2. The highest BCUT2D eigenvalue weighted by Crippen LogP contribution is 2.09. The largest absolute Gasteiger partial charge is 0.480 e. The van der Waals surface area contributed by atoms with E-state index in [9.17, 15) is 18.8 Å². The summed E-state index contributed by atoms with van der Waals surface area (Å²) in [5, 5.41) is 9.12. The van der Waals surface area contributed by atoms with Gasteiger partial charge in [-0.1, -0.05) is 42.5 Å². The minimum atomic E-state index is -1.16. The van der Waals surface area contributed by atoms with Gasteiger partial charge in [-0.2, -0.15) is 0 Å². The number of halogens is 1. The highest BCUT2D eigenvalue weighted by atomic mass is 19.1. The van der Waals surface area contributed by atoms with E-state index < -0.39 is 24.2 Å². The molecule has 0 fully saturated rings. The molecule has 0 unspecified atom stereocenters. The topological polar surface area (TPSA) is 77.9 Å². The number of aliphatic carboxylic acids is 1. The summed E-state index contributed by atoms with van der Waals surface area (Å²) < 4.78 is 13.1. The fourth-order valence-electron chi connectivity index (χ4n) is 2.73. The standard InChI is InChI=1S/C21H23FN2O4/c1-16(25)23(12-11-17-5-3-2-4-6-17)14-20(26)24(15-21(27)28)13-18-7-9-19(22)10-8-18/h2-10H,11-15H2,1H3,(H,27,28). The van der Waals surface area contributed by atoms with Crippen molar-refractivity contribution < 1.29 is 23.9 Å². The summed E-state index contributed by atoms with van der Waals surface area (Å²) in [6.07, 6.45) is 0.588. The van der Waals surface area contributed by atoms with E-state index in [2.05, 4.69) is 0 Å². The fourth-order valence-corrected chi connectivity index (χ4v) is 2.73. The summed E-state index contributed by atoms with van der Waals surface area (Å²) in [6.45, 7) is 1.04. The van der Waals surface area contributed by atoms with Crippen molar-refractivity contribution in [1.82, 2.24) is 9.80 Å². The Kier molecular flexibility index (Phi) is 7.68. The van der Waals surface area contributed by atoms with Gasteiger partial charge in [0.1, 0.15) is 12.4 Å². The van der Waals surface area contributed by atoms with Crippen LogP contribution in [-0.2, 0) is 27.3 Å².